The molecular weight excluding hydrogens is 379 g/mol. The fourth-order valence-corrected chi connectivity index (χ4v) is 2.92. The van der Waals surface area contributed by atoms with Crippen LogP contribution in [-0.4, -0.2) is 20.7 Å². The number of aromatic nitrogens is 3. The number of carbonyl (C=O) groups excluding carboxylic acids is 1. The van der Waals surface area contributed by atoms with Crippen molar-refractivity contribution in [2.45, 2.75) is 6.18 Å². The molecule has 1 amide bonds. The van der Waals surface area contributed by atoms with Gasteiger partial charge in [0.2, 0.25) is 5.13 Å². The largest absolute Gasteiger partial charge is 0.433 e. The number of rotatable bonds is 3. The molecule has 25 heavy (non-hydrogen) atoms. The molecule has 0 aliphatic carbocycles. The number of benzene rings is 1. The zero-order valence-corrected chi connectivity index (χ0v) is 13.8. The van der Waals surface area contributed by atoms with E-state index in [-0.39, 0.29) is 16.5 Å². The van der Waals surface area contributed by atoms with E-state index in [1.54, 1.807) is 24.3 Å². The summed E-state index contributed by atoms with van der Waals surface area (Å²) in [5.74, 6) is 4.29. The Labute approximate surface area is 148 Å². The smallest absolute Gasteiger partial charge is 0.289 e. The predicted molar refractivity (Wildman–Crippen MR) is 86.3 cm³/mol. The number of alkyl halides is 3. The van der Waals surface area contributed by atoms with Crippen molar-refractivity contribution in [2.24, 2.45) is 5.84 Å². The second-order valence-corrected chi connectivity index (χ2v) is 6.09. The molecule has 11 heteroatoms. The Balaban J connectivity index is 2.10. The predicted octanol–water partition coefficient (Wildman–Crippen LogP) is 3.27. The number of nitrogen functional groups attached to an aromatic ring is 1. The van der Waals surface area contributed by atoms with Crippen LogP contribution in [0.25, 0.3) is 16.4 Å². The van der Waals surface area contributed by atoms with E-state index in [1.165, 1.54) is 5.38 Å². The second-order valence-electron chi connectivity index (χ2n) is 4.82. The molecule has 6 nitrogen and oxygen atoms in total. The number of hydrogen-bond acceptors (Lipinski definition) is 5. The summed E-state index contributed by atoms with van der Waals surface area (Å²) in [7, 11) is 0. The van der Waals surface area contributed by atoms with E-state index >= 15 is 0 Å². The highest BCUT2D eigenvalue weighted by Gasteiger charge is 2.37. The Morgan fingerprint density at radius 1 is 1.28 bits per heavy atom. The van der Waals surface area contributed by atoms with E-state index in [9.17, 15) is 18.0 Å². The number of amides is 1. The van der Waals surface area contributed by atoms with Crippen LogP contribution in [0.2, 0.25) is 5.02 Å². The molecule has 3 N–H and O–H groups in total. The highest BCUT2D eigenvalue weighted by Crippen LogP contribution is 2.34. The molecule has 0 bridgehead atoms. The van der Waals surface area contributed by atoms with E-state index in [0.717, 1.165) is 17.4 Å². The quantitative estimate of drug-likeness (QED) is 0.410. The van der Waals surface area contributed by atoms with Crippen LogP contribution in [0.3, 0.4) is 0 Å². The minimum atomic E-state index is -4.65. The number of nitrogens with one attached hydrogen (secondary N) is 1. The van der Waals surface area contributed by atoms with Gasteiger partial charge < -0.3 is 0 Å². The van der Waals surface area contributed by atoms with Crippen LogP contribution in [0.4, 0.5) is 13.2 Å². The van der Waals surface area contributed by atoms with Gasteiger partial charge in [-0.1, -0.05) is 23.7 Å². The number of halogens is 4. The van der Waals surface area contributed by atoms with Crippen molar-refractivity contribution in [3.63, 3.8) is 0 Å². The number of nitrogens with zero attached hydrogens (tertiary/aromatic N) is 3. The molecule has 2 heterocycles. The molecule has 3 rings (SSSR count). The maximum absolute atomic E-state index is 13.4. The van der Waals surface area contributed by atoms with Crippen molar-refractivity contribution in [1.29, 1.82) is 0 Å². The summed E-state index contributed by atoms with van der Waals surface area (Å²) in [5.41, 5.74) is 1.33. The lowest BCUT2D eigenvalue weighted by Crippen LogP contribution is -2.30. The summed E-state index contributed by atoms with van der Waals surface area (Å²) >= 11 is 6.63. The topological polar surface area (TPSA) is 85.8 Å². The number of nitrogens with two attached hydrogens (primary N) is 1. The minimum Gasteiger partial charge on any atom is -0.289 e. The molecule has 0 radical (unpaired) electrons. The first-order chi connectivity index (χ1) is 11.8. The Morgan fingerprint density at radius 2 is 1.96 bits per heavy atom. The summed E-state index contributed by atoms with van der Waals surface area (Å²) in [6.07, 6.45) is -4.65. The molecule has 0 saturated heterocycles. The summed E-state index contributed by atoms with van der Waals surface area (Å²) < 4.78 is 40.7. The molecule has 0 aliphatic heterocycles. The SMILES string of the molecule is NNC(=O)c1csc(-n2nc(-c3ccc(Cl)cc3)cc2C(F)(F)F)n1. The summed E-state index contributed by atoms with van der Waals surface area (Å²) in [6, 6.07) is 7.13. The van der Waals surface area contributed by atoms with Crippen LogP contribution in [0.5, 0.6) is 0 Å². The first-order valence-corrected chi connectivity index (χ1v) is 7.95. The van der Waals surface area contributed by atoms with Crippen molar-refractivity contribution in [2.75, 3.05) is 0 Å². The normalized spacial score (nSPS) is 11.6. The molecule has 2 aromatic heterocycles. The third kappa shape index (κ3) is 3.50. The van der Waals surface area contributed by atoms with E-state index in [1.807, 2.05) is 5.43 Å². The summed E-state index contributed by atoms with van der Waals surface area (Å²) in [4.78, 5) is 15.3. The van der Waals surface area contributed by atoms with E-state index in [4.69, 9.17) is 17.4 Å². The molecule has 0 fully saturated rings. The molecule has 0 unspecified atom stereocenters. The fraction of sp³-hybridized carbons (Fsp3) is 0.0714. The molecular formula is C14H9ClF3N5OS. The van der Waals surface area contributed by atoms with Gasteiger partial charge in [-0.15, -0.1) is 11.3 Å². The molecule has 3 aromatic rings. The van der Waals surface area contributed by atoms with Gasteiger partial charge in [0.05, 0.1) is 5.69 Å². The third-order valence-electron chi connectivity index (χ3n) is 3.18. The maximum atomic E-state index is 13.4. The molecule has 130 valence electrons. The highest BCUT2D eigenvalue weighted by molar-refractivity contribution is 7.12. The van der Waals surface area contributed by atoms with E-state index in [2.05, 4.69) is 10.1 Å². The molecule has 0 spiro atoms. The van der Waals surface area contributed by atoms with Crippen LogP contribution in [0.1, 0.15) is 16.2 Å². The average molecular weight is 388 g/mol. The second kappa shape index (κ2) is 6.47. The number of thiazole rings is 1. The van der Waals surface area contributed by atoms with E-state index < -0.39 is 17.8 Å². The first kappa shape index (κ1) is 17.4. The number of hydrogen-bond donors (Lipinski definition) is 2. The van der Waals surface area contributed by atoms with Gasteiger partial charge in [0.15, 0.2) is 5.69 Å². The zero-order chi connectivity index (χ0) is 18.2. The monoisotopic (exact) mass is 387 g/mol. The van der Waals surface area contributed by atoms with Crippen molar-refractivity contribution in [1.82, 2.24) is 20.2 Å². The van der Waals surface area contributed by atoms with Gasteiger partial charge in [-0.3, -0.25) is 10.2 Å². The van der Waals surface area contributed by atoms with Gasteiger partial charge >= 0.3 is 6.18 Å². The van der Waals surface area contributed by atoms with Gasteiger partial charge in [0.1, 0.15) is 5.69 Å². The summed E-state index contributed by atoms with van der Waals surface area (Å²) in [5, 5.41) is 5.63. The van der Waals surface area contributed by atoms with Crippen molar-refractivity contribution in [3.8, 4) is 16.4 Å². The standard InChI is InChI=1S/C14H9ClF3N5OS/c15-8-3-1-7(2-4-8)9-5-11(14(16,17)18)23(22-9)13-20-10(6-25-13)12(24)21-19/h1-6H,19H2,(H,21,24). The van der Waals surface area contributed by atoms with Crippen LogP contribution in [-0.2, 0) is 6.18 Å². The van der Waals surface area contributed by atoms with Crippen LogP contribution in [0.15, 0.2) is 35.7 Å². The van der Waals surface area contributed by atoms with Crippen LogP contribution < -0.4 is 11.3 Å². The number of carbonyl (C=O) groups is 1. The Hall–Kier alpha value is -2.43. The van der Waals surface area contributed by atoms with E-state index in [0.29, 0.717) is 15.3 Å². The lowest BCUT2D eigenvalue weighted by Gasteiger charge is -2.06. The average Bonchev–Trinajstić information content (AvgIpc) is 3.21. The van der Waals surface area contributed by atoms with Crippen molar-refractivity contribution >= 4 is 28.8 Å². The fourth-order valence-electron chi connectivity index (χ4n) is 2.03. The Bertz CT molecular complexity index is 919. The third-order valence-corrected chi connectivity index (χ3v) is 4.24. The van der Waals surface area contributed by atoms with Crippen LogP contribution in [0, 0.1) is 0 Å². The maximum Gasteiger partial charge on any atom is 0.433 e. The Morgan fingerprint density at radius 3 is 2.56 bits per heavy atom. The molecule has 0 atom stereocenters. The van der Waals surface area contributed by atoms with Gasteiger partial charge in [0, 0.05) is 16.0 Å². The highest BCUT2D eigenvalue weighted by atomic mass is 35.5. The summed E-state index contributed by atoms with van der Waals surface area (Å²) in [6.45, 7) is 0. The molecule has 1 aromatic carbocycles. The minimum absolute atomic E-state index is 0.0980. The van der Waals surface area contributed by atoms with Gasteiger partial charge in [-0.2, -0.15) is 18.3 Å². The van der Waals surface area contributed by atoms with Gasteiger partial charge in [0.25, 0.3) is 5.91 Å². The first-order valence-electron chi connectivity index (χ1n) is 6.69. The molecule has 0 aliphatic rings. The van der Waals surface area contributed by atoms with Gasteiger partial charge in [-0.05, 0) is 18.2 Å². The van der Waals surface area contributed by atoms with Gasteiger partial charge in [-0.25, -0.2) is 15.5 Å². The zero-order valence-electron chi connectivity index (χ0n) is 12.2. The Kier molecular flexibility index (Phi) is 4.50. The molecule has 0 saturated carbocycles. The lowest BCUT2D eigenvalue weighted by molar-refractivity contribution is -0.142. The lowest BCUT2D eigenvalue weighted by atomic mass is 10.1. The van der Waals surface area contributed by atoms with Crippen molar-refractivity contribution in [3.05, 3.63) is 52.1 Å². The van der Waals surface area contributed by atoms with Crippen molar-refractivity contribution < 1.29 is 18.0 Å². The number of hydrazine groups is 1. The van der Waals surface area contributed by atoms with Crippen LogP contribution >= 0.6 is 22.9 Å².